The van der Waals surface area contributed by atoms with Gasteiger partial charge in [-0.2, -0.15) is 5.26 Å². The second-order valence-electron chi connectivity index (χ2n) is 7.42. The average molecular weight is 553 g/mol. The zero-order chi connectivity index (χ0) is 23.4. The molecule has 33 heavy (non-hydrogen) atoms. The molecule has 0 amide bonds. The maximum absolute atomic E-state index is 14.0. The minimum atomic E-state index is -0.315. The first-order valence-corrected chi connectivity index (χ1v) is 11.5. The van der Waals surface area contributed by atoms with E-state index >= 15 is 0 Å². The quantitative estimate of drug-likeness (QED) is 0.205. The molecule has 166 valence electrons. The number of fused-ring (bicyclic) bond motifs is 1. The van der Waals surface area contributed by atoms with Gasteiger partial charge in [0.2, 0.25) is 0 Å². The fourth-order valence-electron chi connectivity index (χ4n) is 3.41. The highest BCUT2D eigenvalue weighted by molar-refractivity contribution is 14.1. The third kappa shape index (κ3) is 5.17. The van der Waals surface area contributed by atoms with Crippen LogP contribution in [0.2, 0.25) is 0 Å². The lowest BCUT2D eigenvalue weighted by atomic mass is 10.1. The van der Waals surface area contributed by atoms with Crippen LogP contribution >= 0.6 is 22.6 Å². The fraction of sp³-hybridized carbons (Fsp3) is 0.154. The standard InChI is InChI=1S/C26H21FIN3O2/c1-3-32-24-13-17(12-21(28)25(24)33-15-18-6-4-5-7-20(18)27)11-19(14-29)26-30-22-9-8-16(2)10-23(22)31-26/h4-13H,3,15H2,1-2H3,(H,30,31)/b19-11-. The molecule has 0 fully saturated rings. The summed E-state index contributed by atoms with van der Waals surface area (Å²) in [4.78, 5) is 7.77. The van der Waals surface area contributed by atoms with Crippen molar-refractivity contribution in [2.24, 2.45) is 0 Å². The fourth-order valence-corrected chi connectivity index (χ4v) is 4.19. The molecule has 3 aromatic carbocycles. The van der Waals surface area contributed by atoms with Crippen LogP contribution in [-0.2, 0) is 6.61 Å². The Labute approximate surface area is 205 Å². The topological polar surface area (TPSA) is 70.9 Å². The molecule has 1 N–H and O–H groups in total. The Morgan fingerprint density at radius 3 is 2.76 bits per heavy atom. The monoisotopic (exact) mass is 553 g/mol. The molecule has 0 saturated carbocycles. The maximum atomic E-state index is 14.0. The van der Waals surface area contributed by atoms with Crippen molar-refractivity contribution in [2.45, 2.75) is 20.5 Å². The van der Waals surface area contributed by atoms with E-state index in [2.05, 4.69) is 38.6 Å². The smallest absolute Gasteiger partial charge is 0.175 e. The molecule has 0 spiro atoms. The van der Waals surface area contributed by atoms with Gasteiger partial charge in [-0.05, 0) is 84.0 Å². The number of aryl methyl sites for hydroxylation is 1. The molecule has 0 unspecified atom stereocenters. The predicted octanol–water partition coefficient (Wildman–Crippen LogP) is 6.66. The Balaban J connectivity index is 1.67. The summed E-state index contributed by atoms with van der Waals surface area (Å²) < 4.78 is 26.5. The summed E-state index contributed by atoms with van der Waals surface area (Å²) in [6.45, 7) is 4.41. The predicted molar refractivity (Wildman–Crippen MR) is 135 cm³/mol. The highest BCUT2D eigenvalue weighted by Gasteiger charge is 2.15. The van der Waals surface area contributed by atoms with E-state index in [0.29, 0.717) is 35.1 Å². The van der Waals surface area contributed by atoms with Gasteiger partial charge in [-0.1, -0.05) is 24.3 Å². The van der Waals surface area contributed by atoms with Crippen molar-refractivity contribution in [1.82, 2.24) is 9.97 Å². The Morgan fingerprint density at radius 1 is 1.18 bits per heavy atom. The van der Waals surface area contributed by atoms with Gasteiger partial charge in [-0.3, -0.25) is 0 Å². The summed E-state index contributed by atoms with van der Waals surface area (Å²) in [6.07, 6.45) is 1.76. The van der Waals surface area contributed by atoms with Gasteiger partial charge in [0.25, 0.3) is 0 Å². The van der Waals surface area contributed by atoms with Crippen LogP contribution < -0.4 is 9.47 Å². The summed E-state index contributed by atoms with van der Waals surface area (Å²) in [6, 6.07) is 18.4. The number of halogens is 2. The summed E-state index contributed by atoms with van der Waals surface area (Å²) in [5, 5.41) is 9.78. The van der Waals surface area contributed by atoms with Crippen LogP contribution in [0.3, 0.4) is 0 Å². The lowest BCUT2D eigenvalue weighted by molar-refractivity contribution is 0.264. The molecule has 0 aliphatic carbocycles. The van der Waals surface area contributed by atoms with Crippen molar-refractivity contribution in [2.75, 3.05) is 6.61 Å². The van der Waals surface area contributed by atoms with Crippen molar-refractivity contribution < 1.29 is 13.9 Å². The van der Waals surface area contributed by atoms with Gasteiger partial charge in [-0.15, -0.1) is 0 Å². The first-order valence-electron chi connectivity index (χ1n) is 10.4. The van der Waals surface area contributed by atoms with Crippen LogP contribution in [0.15, 0.2) is 54.6 Å². The van der Waals surface area contributed by atoms with Crippen LogP contribution in [-0.4, -0.2) is 16.6 Å². The lowest BCUT2D eigenvalue weighted by Gasteiger charge is -2.15. The number of benzene rings is 3. The number of hydrogen-bond acceptors (Lipinski definition) is 4. The van der Waals surface area contributed by atoms with Crippen molar-refractivity contribution in [3.63, 3.8) is 0 Å². The van der Waals surface area contributed by atoms with Gasteiger partial charge in [-0.25, -0.2) is 9.37 Å². The number of hydrogen-bond donors (Lipinski definition) is 1. The van der Waals surface area contributed by atoms with Crippen molar-refractivity contribution in [3.8, 4) is 17.6 Å². The van der Waals surface area contributed by atoms with Crippen molar-refractivity contribution in [1.29, 1.82) is 5.26 Å². The largest absolute Gasteiger partial charge is 0.490 e. The number of rotatable bonds is 7. The van der Waals surface area contributed by atoms with Gasteiger partial charge in [0.05, 0.1) is 26.8 Å². The van der Waals surface area contributed by atoms with Crippen LogP contribution in [0.4, 0.5) is 4.39 Å². The number of imidazole rings is 1. The molecule has 5 nitrogen and oxygen atoms in total. The summed E-state index contributed by atoms with van der Waals surface area (Å²) in [5.74, 6) is 1.26. The third-order valence-electron chi connectivity index (χ3n) is 4.99. The molecule has 4 rings (SSSR count). The van der Waals surface area contributed by atoms with E-state index in [1.54, 1.807) is 24.3 Å². The Bertz CT molecular complexity index is 1390. The van der Waals surface area contributed by atoms with Gasteiger partial charge in [0.15, 0.2) is 11.5 Å². The molecule has 4 aromatic rings. The van der Waals surface area contributed by atoms with E-state index in [1.807, 2.05) is 44.2 Å². The molecule has 7 heteroatoms. The summed E-state index contributed by atoms with van der Waals surface area (Å²) >= 11 is 2.16. The first kappa shape index (κ1) is 22.8. The highest BCUT2D eigenvalue weighted by atomic mass is 127. The third-order valence-corrected chi connectivity index (χ3v) is 5.79. The van der Waals surface area contributed by atoms with E-state index in [9.17, 15) is 9.65 Å². The van der Waals surface area contributed by atoms with Gasteiger partial charge in [0.1, 0.15) is 24.3 Å². The number of nitrogens with one attached hydrogen (secondary N) is 1. The molecule has 0 aliphatic heterocycles. The van der Waals surface area contributed by atoms with E-state index < -0.39 is 0 Å². The maximum Gasteiger partial charge on any atom is 0.175 e. The number of ether oxygens (including phenoxy) is 2. The first-order chi connectivity index (χ1) is 16.0. The van der Waals surface area contributed by atoms with Crippen LogP contribution in [0.25, 0.3) is 22.7 Å². The summed E-state index contributed by atoms with van der Waals surface area (Å²) in [5.41, 5.74) is 4.44. The van der Waals surface area contributed by atoms with Crippen LogP contribution in [0.5, 0.6) is 11.5 Å². The second kappa shape index (κ2) is 10.0. The number of nitriles is 1. The van der Waals surface area contributed by atoms with Gasteiger partial charge in [0, 0.05) is 5.56 Å². The van der Waals surface area contributed by atoms with Crippen molar-refractivity contribution in [3.05, 3.63) is 86.5 Å². The SMILES string of the molecule is CCOc1cc(/C=C(/C#N)c2nc3ccc(C)cc3[nH]2)cc(I)c1OCc1ccccc1F. The molecule has 0 bridgehead atoms. The molecule has 1 heterocycles. The normalized spacial score (nSPS) is 11.4. The van der Waals surface area contributed by atoms with Crippen LogP contribution in [0, 0.1) is 27.6 Å². The molecule has 0 saturated heterocycles. The zero-order valence-electron chi connectivity index (χ0n) is 18.2. The molecule has 1 aromatic heterocycles. The molecule has 0 aliphatic rings. The van der Waals surface area contributed by atoms with E-state index in [4.69, 9.17) is 9.47 Å². The van der Waals surface area contributed by atoms with E-state index in [1.165, 1.54) is 6.07 Å². The minimum absolute atomic E-state index is 0.0831. The second-order valence-corrected chi connectivity index (χ2v) is 8.58. The average Bonchev–Trinajstić information content (AvgIpc) is 3.21. The van der Waals surface area contributed by atoms with Gasteiger partial charge < -0.3 is 14.5 Å². The number of nitrogens with zero attached hydrogens (tertiary/aromatic N) is 2. The van der Waals surface area contributed by atoms with Crippen LogP contribution in [0.1, 0.15) is 29.4 Å². The number of aromatic amines is 1. The van der Waals surface area contributed by atoms with Crippen molar-refractivity contribution >= 4 is 45.3 Å². The summed E-state index contributed by atoms with van der Waals surface area (Å²) in [7, 11) is 0. The highest BCUT2D eigenvalue weighted by Crippen LogP contribution is 2.36. The molecule has 0 radical (unpaired) electrons. The van der Waals surface area contributed by atoms with E-state index in [-0.39, 0.29) is 12.4 Å². The number of allylic oxidation sites excluding steroid dienone is 1. The van der Waals surface area contributed by atoms with Gasteiger partial charge >= 0.3 is 0 Å². The van der Waals surface area contributed by atoms with E-state index in [0.717, 1.165) is 25.7 Å². The Hall–Kier alpha value is -3.38. The molecule has 0 atom stereocenters. The lowest BCUT2D eigenvalue weighted by Crippen LogP contribution is -2.03. The number of H-pyrrole nitrogens is 1. The Morgan fingerprint density at radius 2 is 2.00 bits per heavy atom. The zero-order valence-corrected chi connectivity index (χ0v) is 20.3. The number of aromatic nitrogens is 2. The molecular formula is C26H21FIN3O2. The Kier molecular flexibility index (Phi) is 6.94. The minimum Gasteiger partial charge on any atom is -0.490 e. The molecular weight excluding hydrogens is 532 g/mol.